The Morgan fingerprint density at radius 3 is 2.11 bits per heavy atom. The first-order chi connectivity index (χ1) is 3.18. The van der Waals surface area contributed by atoms with E-state index in [0.717, 1.165) is 0 Å². The van der Waals surface area contributed by atoms with Crippen LogP contribution in [0.25, 0.3) is 0 Å². The Balaban J connectivity index is -0.000000180. The van der Waals surface area contributed by atoms with Gasteiger partial charge >= 0.3 is 5.97 Å². The Kier molecular flexibility index (Phi) is 15.0. The molecule has 0 fully saturated rings. The molecule has 0 aliphatic heterocycles. The zero-order valence-corrected chi connectivity index (χ0v) is 8.94. The van der Waals surface area contributed by atoms with E-state index in [4.69, 9.17) is 10.8 Å². The fourth-order valence-corrected chi connectivity index (χ4v) is 0.234. The van der Waals surface area contributed by atoms with Crippen molar-refractivity contribution >= 4 is 18.6 Å². The molecule has 0 unspecified atom stereocenters. The van der Waals surface area contributed by atoms with Gasteiger partial charge in [0.2, 0.25) is 0 Å². The van der Waals surface area contributed by atoms with Crippen molar-refractivity contribution in [3.05, 3.63) is 0 Å². The van der Waals surface area contributed by atoms with Gasteiger partial charge in [0.05, 0.1) is 0 Å². The molecule has 1 atom stereocenters. The van der Waals surface area contributed by atoms with Crippen molar-refractivity contribution < 1.29 is 29.4 Å². The van der Waals surface area contributed by atoms with Crippen molar-refractivity contribution in [2.24, 2.45) is 5.73 Å². The number of thiol groups is 1. The summed E-state index contributed by atoms with van der Waals surface area (Å²) in [5.41, 5.74) is 4.94. The summed E-state index contributed by atoms with van der Waals surface area (Å²) in [6.45, 7) is 0. The van der Waals surface area contributed by atoms with Crippen LogP contribution in [0.1, 0.15) is 0 Å². The largest absolute Gasteiger partial charge is 0.480 e. The number of hydrogen-bond acceptors (Lipinski definition) is 4. The van der Waals surface area contributed by atoms with Crippen LogP contribution in [0.2, 0.25) is 0 Å². The van der Waals surface area contributed by atoms with Gasteiger partial charge in [0.1, 0.15) is 6.04 Å². The second kappa shape index (κ2) is 8.36. The SMILES string of the molecule is N.N[C@@H](CS)C(=O)O.[Zn]. The molecule has 0 rings (SSSR count). The maximum atomic E-state index is 9.76. The number of hydrogen-bond donors (Lipinski definition) is 4. The second-order valence-corrected chi connectivity index (χ2v) is 1.49. The van der Waals surface area contributed by atoms with Crippen LogP contribution < -0.4 is 11.9 Å². The number of carboxylic acids is 1. The van der Waals surface area contributed by atoms with Gasteiger partial charge < -0.3 is 17.0 Å². The van der Waals surface area contributed by atoms with Crippen molar-refractivity contribution in [3.63, 3.8) is 0 Å². The van der Waals surface area contributed by atoms with Gasteiger partial charge in [0.15, 0.2) is 0 Å². The molecule has 0 spiro atoms. The number of carbonyl (C=O) groups is 1. The molecule has 0 aliphatic rings. The summed E-state index contributed by atoms with van der Waals surface area (Å²) in [5.74, 6) is -0.815. The topological polar surface area (TPSA) is 98.3 Å². The van der Waals surface area contributed by atoms with E-state index in [2.05, 4.69) is 12.6 Å². The minimum Gasteiger partial charge on any atom is -0.480 e. The normalized spacial score (nSPS) is 10.4. The molecule has 0 aromatic rings. The predicted octanol–water partition coefficient (Wildman–Crippen LogP) is -0.512. The summed E-state index contributed by atoms with van der Waals surface area (Å²) in [6, 6.07) is -0.816. The predicted molar refractivity (Wildman–Crippen MR) is 34.5 cm³/mol. The molecular weight excluding hydrogens is 194 g/mol. The maximum absolute atomic E-state index is 9.76. The first-order valence-electron chi connectivity index (χ1n) is 1.77. The summed E-state index contributed by atoms with van der Waals surface area (Å²) in [4.78, 5) is 9.76. The second-order valence-electron chi connectivity index (χ2n) is 1.13. The molecule has 0 heterocycles. The van der Waals surface area contributed by atoms with E-state index in [-0.39, 0.29) is 31.4 Å². The molecule has 6 heteroatoms. The van der Waals surface area contributed by atoms with Gasteiger partial charge in [-0.2, -0.15) is 12.6 Å². The molecule has 9 heavy (non-hydrogen) atoms. The summed E-state index contributed by atoms with van der Waals surface area (Å²) < 4.78 is 0. The fourth-order valence-electron chi connectivity index (χ4n) is 0.0781. The zero-order valence-electron chi connectivity index (χ0n) is 5.08. The summed E-state index contributed by atoms with van der Waals surface area (Å²) in [6.07, 6.45) is 0. The smallest absolute Gasteiger partial charge is 0.321 e. The minimum absolute atomic E-state index is 0. The molecule has 52 valence electrons. The molecule has 0 aromatic heterocycles. The van der Waals surface area contributed by atoms with Crippen molar-refractivity contribution in [2.45, 2.75) is 6.04 Å². The van der Waals surface area contributed by atoms with Gasteiger partial charge in [-0.1, -0.05) is 0 Å². The molecule has 0 radical (unpaired) electrons. The number of nitrogens with two attached hydrogens (primary N) is 1. The first kappa shape index (κ1) is 16.2. The van der Waals surface area contributed by atoms with Crippen molar-refractivity contribution in [3.8, 4) is 0 Å². The molecule has 0 aromatic carbocycles. The van der Waals surface area contributed by atoms with Gasteiger partial charge in [0, 0.05) is 25.2 Å². The Labute approximate surface area is 71.9 Å². The van der Waals surface area contributed by atoms with Crippen LogP contribution >= 0.6 is 12.6 Å². The summed E-state index contributed by atoms with van der Waals surface area (Å²) >= 11 is 3.65. The monoisotopic (exact) mass is 202 g/mol. The van der Waals surface area contributed by atoms with E-state index >= 15 is 0 Å². The molecule has 0 aliphatic carbocycles. The number of rotatable bonds is 2. The molecule has 4 nitrogen and oxygen atoms in total. The van der Waals surface area contributed by atoms with E-state index in [1.165, 1.54) is 0 Å². The van der Waals surface area contributed by atoms with Crippen molar-refractivity contribution in [1.29, 1.82) is 0 Å². The van der Waals surface area contributed by atoms with Gasteiger partial charge in [-0.3, -0.25) is 4.79 Å². The quantitative estimate of drug-likeness (QED) is 0.359. The maximum Gasteiger partial charge on any atom is 0.321 e. The molecule has 0 saturated heterocycles. The number of aliphatic carboxylic acids is 1. The van der Waals surface area contributed by atoms with Crippen LogP contribution in [0.15, 0.2) is 0 Å². The van der Waals surface area contributed by atoms with E-state index in [1.54, 1.807) is 0 Å². The average Bonchev–Trinajstić information content (AvgIpc) is 1.65. The Morgan fingerprint density at radius 2 is 2.11 bits per heavy atom. The van der Waals surface area contributed by atoms with Gasteiger partial charge in [0.25, 0.3) is 0 Å². The van der Waals surface area contributed by atoms with Crippen LogP contribution in [0, 0.1) is 0 Å². The third-order valence-corrected chi connectivity index (χ3v) is 0.907. The van der Waals surface area contributed by atoms with Gasteiger partial charge in [-0.25, -0.2) is 0 Å². The van der Waals surface area contributed by atoms with E-state index in [1.807, 2.05) is 0 Å². The Morgan fingerprint density at radius 1 is 1.78 bits per heavy atom. The zero-order chi connectivity index (χ0) is 5.86. The van der Waals surface area contributed by atoms with E-state index in [0.29, 0.717) is 0 Å². The van der Waals surface area contributed by atoms with Crippen molar-refractivity contribution in [2.75, 3.05) is 5.75 Å². The van der Waals surface area contributed by atoms with Crippen LogP contribution in [-0.2, 0) is 24.3 Å². The first-order valence-corrected chi connectivity index (χ1v) is 2.41. The minimum atomic E-state index is -1.00. The third-order valence-electron chi connectivity index (χ3n) is 0.514. The van der Waals surface area contributed by atoms with Crippen LogP contribution in [0.4, 0.5) is 0 Å². The summed E-state index contributed by atoms with van der Waals surface area (Å²) in [5, 5.41) is 8.01. The molecule has 0 saturated carbocycles. The fraction of sp³-hybridized carbons (Fsp3) is 0.667. The van der Waals surface area contributed by atoms with Crippen molar-refractivity contribution in [1.82, 2.24) is 6.15 Å². The van der Waals surface area contributed by atoms with Gasteiger partial charge in [-0.05, 0) is 0 Å². The molecular formula is C3H10N2O2SZn. The van der Waals surface area contributed by atoms with Crippen LogP contribution in [0.5, 0.6) is 0 Å². The average molecular weight is 204 g/mol. The van der Waals surface area contributed by atoms with Gasteiger partial charge in [-0.15, -0.1) is 0 Å². The Bertz CT molecular complexity index is 82.2. The number of carboxylic acid groups (broad SMARTS) is 1. The summed E-state index contributed by atoms with van der Waals surface area (Å²) in [7, 11) is 0. The third kappa shape index (κ3) is 8.36. The molecule has 6 N–H and O–H groups in total. The molecule has 0 bridgehead atoms. The van der Waals surface area contributed by atoms with Crippen LogP contribution in [0.3, 0.4) is 0 Å². The van der Waals surface area contributed by atoms with E-state index in [9.17, 15) is 4.79 Å². The Hall–Kier alpha value is 0.363. The standard InChI is InChI=1S/C3H7NO2S.H3N.Zn/c4-2(1-7)3(5)6;;/h2,7H,1,4H2,(H,5,6);1H3;/t2-;;/m0../s1. The van der Waals surface area contributed by atoms with Crippen LogP contribution in [-0.4, -0.2) is 22.9 Å². The van der Waals surface area contributed by atoms with E-state index < -0.39 is 12.0 Å². The molecule has 0 amide bonds.